The third-order valence-electron chi connectivity index (χ3n) is 13.9. The summed E-state index contributed by atoms with van der Waals surface area (Å²) in [6, 6.07) is 0. The highest BCUT2D eigenvalue weighted by Gasteiger charge is 2.19. The third-order valence-corrected chi connectivity index (χ3v) is 13.9. The third kappa shape index (κ3) is 56.7. The molecule has 0 spiro atoms. The maximum absolute atomic E-state index is 12.9. The molecule has 406 valence electrons. The van der Waals surface area contributed by atoms with E-state index in [1.165, 1.54) is 238 Å². The van der Waals surface area contributed by atoms with Gasteiger partial charge in [-0.3, -0.25) is 14.4 Å². The topological polar surface area (TPSA) is 78.9 Å². The zero-order valence-corrected chi connectivity index (χ0v) is 46.6. The molecule has 0 aromatic heterocycles. The molecular weight excluding hydrogens is 853 g/mol. The van der Waals surface area contributed by atoms with Crippen LogP contribution in [0.25, 0.3) is 0 Å². The summed E-state index contributed by atoms with van der Waals surface area (Å²) >= 11 is 0. The number of carbonyl (C=O) groups is 3. The molecule has 0 rings (SSSR count). The number of allylic oxidation sites excluding steroid dienone is 4. The van der Waals surface area contributed by atoms with Crippen molar-refractivity contribution < 1.29 is 28.6 Å². The largest absolute Gasteiger partial charge is 0.462 e. The summed E-state index contributed by atoms with van der Waals surface area (Å²) in [6.07, 6.45) is 68.9. The fourth-order valence-electron chi connectivity index (χ4n) is 9.26. The van der Waals surface area contributed by atoms with E-state index in [0.29, 0.717) is 19.3 Å². The highest BCUT2D eigenvalue weighted by molar-refractivity contribution is 5.71. The van der Waals surface area contributed by atoms with Crippen LogP contribution in [0.15, 0.2) is 24.3 Å². The lowest BCUT2D eigenvalue weighted by Gasteiger charge is -2.18. The van der Waals surface area contributed by atoms with Crippen molar-refractivity contribution in [3.8, 4) is 0 Å². The van der Waals surface area contributed by atoms with Crippen LogP contribution in [0, 0.1) is 0 Å². The Kier molecular flexibility index (Phi) is 56.7. The van der Waals surface area contributed by atoms with Crippen LogP contribution in [0.4, 0.5) is 0 Å². The lowest BCUT2D eigenvalue weighted by atomic mass is 10.0. The van der Waals surface area contributed by atoms with E-state index in [2.05, 4.69) is 45.1 Å². The lowest BCUT2D eigenvalue weighted by Crippen LogP contribution is -2.30. The molecule has 0 bridgehead atoms. The van der Waals surface area contributed by atoms with Crippen molar-refractivity contribution in [1.29, 1.82) is 0 Å². The SMILES string of the molecule is CCCCCCCCC/C=C\CCCCCC(=O)OCC(COC(=O)CCCCCCCCC/C=C\CCCCCCCCCC)OC(=O)CCCCCCCCCCCCCCCCCCCC. The van der Waals surface area contributed by atoms with Gasteiger partial charge in [0.05, 0.1) is 0 Å². The molecule has 0 saturated carbocycles. The zero-order valence-electron chi connectivity index (χ0n) is 46.6. The molecule has 0 N–H and O–H groups in total. The first-order valence-corrected chi connectivity index (χ1v) is 30.8. The van der Waals surface area contributed by atoms with Crippen molar-refractivity contribution in [2.45, 2.75) is 348 Å². The van der Waals surface area contributed by atoms with E-state index in [-0.39, 0.29) is 31.1 Å². The number of hydrogen-bond acceptors (Lipinski definition) is 6. The quantitative estimate of drug-likeness (QED) is 0.0261. The predicted octanol–water partition coefficient (Wildman–Crippen LogP) is 20.7. The Labute approximate surface area is 430 Å². The van der Waals surface area contributed by atoms with Gasteiger partial charge in [-0.25, -0.2) is 0 Å². The lowest BCUT2D eigenvalue weighted by molar-refractivity contribution is -0.167. The van der Waals surface area contributed by atoms with Crippen molar-refractivity contribution in [2.24, 2.45) is 0 Å². The maximum atomic E-state index is 12.9. The molecule has 0 aromatic rings. The summed E-state index contributed by atoms with van der Waals surface area (Å²) in [4.78, 5) is 38.2. The van der Waals surface area contributed by atoms with E-state index in [1.54, 1.807) is 0 Å². The minimum Gasteiger partial charge on any atom is -0.462 e. The van der Waals surface area contributed by atoms with Crippen molar-refractivity contribution >= 4 is 17.9 Å². The highest BCUT2D eigenvalue weighted by atomic mass is 16.6. The van der Waals surface area contributed by atoms with Gasteiger partial charge in [-0.2, -0.15) is 0 Å². The van der Waals surface area contributed by atoms with E-state index in [1.807, 2.05) is 0 Å². The molecule has 0 radical (unpaired) electrons. The van der Waals surface area contributed by atoms with Crippen molar-refractivity contribution in [3.63, 3.8) is 0 Å². The maximum Gasteiger partial charge on any atom is 0.306 e. The molecule has 0 aliphatic heterocycles. The standard InChI is InChI=1S/C63H118O6/c1-4-7-10-13-16-19-22-25-28-30-32-34-35-38-41-44-47-50-53-56-62(65)68-59-60(58-67-61(64)55-52-49-46-43-40-37-27-24-21-18-15-12-9-6-3)69-63(66)57-54-51-48-45-42-39-36-33-31-29-26-23-20-17-14-11-8-5-2/h30,32,37,40,60H,4-29,31,33-36,38-39,41-59H2,1-3H3/b32-30-,40-37-. The van der Waals surface area contributed by atoms with Crippen LogP contribution in [-0.2, 0) is 28.6 Å². The van der Waals surface area contributed by atoms with Crippen LogP contribution in [0.5, 0.6) is 0 Å². The van der Waals surface area contributed by atoms with E-state index >= 15 is 0 Å². The van der Waals surface area contributed by atoms with Gasteiger partial charge >= 0.3 is 17.9 Å². The molecule has 0 fully saturated rings. The van der Waals surface area contributed by atoms with Gasteiger partial charge in [-0.1, -0.05) is 276 Å². The second-order valence-electron chi connectivity index (χ2n) is 21.0. The zero-order chi connectivity index (χ0) is 50.0. The number of unbranched alkanes of at least 4 members (excludes halogenated alkanes) is 42. The fourth-order valence-corrected chi connectivity index (χ4v) is 9.26. The molecular formula is C63H118O6. The summed E-state index contributed by atoms with van der Waals surface area (Å²) in [5.74, 6) is -0.870. The van der Waals surface area contributed by atoms with E-state index in [0.717, 1.165) is 64.2 Å². The van der Waals surface area contributed by atoms with Crippen LogP contribution in [0.3, 0.4) is 0 Å². The van der Waals surface area contributed by atoms with E-state index < -0.39 is 6.10 Å². The summed E-state index contributed by atoms with van der Waals surface area (Å²) in [5, 5.41) is 0. The minimum absolute atomic E-state index is 0.0737. The predicted molar refractivity (Wildman–Crippen MR) is 298 cm³/mol. The molecule has 0 heterocycles. The van der Waals surface area contributed by atoms with Gasteiger partial charge < -0.3 is 14.2 Å². The van der Waals surface area contributed by atoms with Gasteiger partial charge in [-0.15, -0.1) is 0 Å². The summed E-state index contributed by atoms with van der Waals surface area (Å²) in [5.41, 5.74) is 0. The first-order chi connectivity index (χ1) is 34.0. The highest BCUT2D eigenvalue weighted by Crippen LogP contribution is 2.17. The van der Waals surface area contributed by atoms with Crippen molar-refractivity contribution in [2.75, 3.05) is 13.2 Å². The molecule has 6 heteroatoms. The molecule has 6 nitrogen and oxygen atoms in total. The minimum atomic E-state index is -0.776. The molecule has 0 amide bonds. The second kappa shape index (κ2) is 58.5. The fraction of sp³-hybridized carbons (Fsp3) is 0.889. The average Bonchev–Trinajstić information content (AvgIpc) is 3.35. The van der Waals surface area contributed by atoms with E-state index in [4.69, 9.17) is 14.2 Å². The van der Waals surface area contributed by atoms with Crippen molar-refractivity contribution in [3.05, 3.63) is 24.3 Å². The van der Waals surface area contributed by atoms with Gasteiger partial charge in [0.2, 0.25) is 0 Å². The number of hydrogen-bond donors (Lipinski definition) is 0. The van der Waals surface area contributed by atoms with E-state index in [9.17, 15) is 14.4 Å². The van der Waals surface area contributed by atoms with Crippen LogP contribution in [0.1, 0.15) is 342 Å². The van der Waals surface area contributed by atoms with Gasteiger partial charge in [-0.05, 0) is 70.6 Å². The number of rotatable bonds is 57. The molecule has 1 unspecified atom stereocenters. The Morgan fingerprint density at radius 2 is 0.478 bits per heavy atom. The van der Waals surface area contributed by atoms with Gasteiger partial charge in [0.1, 0.15) is 13.2 Å². The van der Waals surface area contributed by atoms with Gasteiger partial charge in [0.15, 0.2) is 6.10 Å². The Hall–Kier alpha value is -2.11. The number of esters is 3. The smallest absolute Gasteiger partial charge is 0.306 e. The Morgan fingerprint density at radius 3 is 0.739 bits per heavy atom. The van der Waals surface area contributed by atoms with Crippen LogP contribution >= 0.6 is 0 Å². The van der Waals surface area contributed by atoms with Crippen LogP contribution in [0.2, 0.25) is 0 Å². The molecule has 1 atom stereocenters. The van der Waals surface area contributed by atoms with Gasteiger partial charge in [0, 0.05) is 19.3 Å². The van der Waals surface area contributed by atoms with Crippen LogP contribution in [-0.4, -0.2) is 37.2 Å². The Balaban J connectivity index is 4.33. The normalized spacial score (nSPS) is 12.1. The Bertz CT molecular complexity index is 1110. The summed E-state index contributed by atoms with van der Waals surface area (Å²) in [7, 11) is 0. The average molecular weight is 972 g/mol. The summed E-state index contributed by atoms with van der Waals surface area (Å²) < 4.78 is 16.9. The second-order valence-corrected chi connectivity index (χ2v) is 21.0. The first-order valence-electron chi connectivity index (χ1n) is 30.8. The molecule has 0 aliphatic rings. The monoisotopic (exact) mass is 971 g/mol. The molecule has 0 aromatic carbocycles. The van der Waals surface area contributed by atoms with Crippen LogP contribution < -0.4 is 0 Å². The number of carbonyl (C=O) groups excluding carboxylic acids is 3. The molecule has 0 saturated heterocycles. The molecule has 69 heavy (non-hydrogen) atoms. The molecule has 0 aliphatic carbocycles. The first kappa shape index (κ1) is 66.9. The number of ether oxygens (including phenoxy) is 3. The van der Waals surface area contributed by atoms with Gasteiger partial charge in [0.25, 0.3) is 0 Å². The Morgan fingerprint density at radius 1 is 0.275 bits per heavy atom. The summed E-state index contributed by atoms with van der Waals surface area (Å²) in [6.45, 7) is 6.68. The van der Waals surface area contributed by atoms with Crippen molar-refractivity contribution in [1.82, 2.24) is 0 Å².